The standard InChI is InChI=1S/C23H25N3O3/c1-15-3-4-17(29-10-8-24)12-20(15)22(27)26-23(6-7-23)21-13-18(28-2)11-16-14-25-9-5-19(16)21/h3-5,9,11-14H,6-8,10,24H2,1-2H3,(H,26,27). The molecule has 0 unspecified atom stereocenters. The molecular weight excluding hydrogens is 366 g/mol. The highest BCUT2D eigenvalue weighted by molar-refractivity contribution is 5.97. The van der Waals surface area contributed by atoms with E-state index < -0.39 is 5.54 Å². The summed E-state index contributed by atoms with van der Waals surface area (Å²) in [5.41, 5.74) is 7.69. The molecule has 1 amide bonds. The van der Waals surface area contributed by atoms with Crippen molar-refractivity contribution in [1.29, 1.82) is 0 Å². The second kappa shape index (κ2) is 7.72. The summed E-state index contributed by atoms with van der Waals surface area (Å²) in [4.78, 5) is 17.4. The van der Waals surface area contributed by atoms with Gasteiger partial charge in [-0.05, 0) is 66.6 Å². The van der Waals surface area contributed by atoms with Crippen LogP contribution in [0.25, 0.3) is 10.8 Å². The average Bonchev–Trinajstić information content (AvgIpc) is 3.52. The number of pyridine rings is 1. The van der Waals surface area contributed by atoms with Gasteiger partial charge in [0.05, 0.1) is 12.6 Å². The van der Waals surface area contributed by atoms with Gasteiger partial charge in [0, 0.05) is 29.9 Å². The zero-order chi connectivity index (χ0) is 20.4. The minimum atomic E-state index is -0.397. The highest BCUT2D eigenvalue weighted by Gasteiger charge is 2.47. The van der Waals surface area contributed by atoms with Crippen molar-refractivity contribution in [1.82, 2.24) is 10.3 Å². The first-order chi connectivity index (χ1) is 14.1. The number of fused-ring (bicyclic) bond motifs is 1. The van der Waals surface area contributed by atoms with Gasteiger partial charge in [-0.15, -0.1) is 0 Å². The number of nitrogens with two attached hydrogens (primary N) is 1. The quantitative estimate of drug-likeness (QED) is 0.645. The van der Waals surface area contributed by atoms with Gasteiger partial charge in [-0.2, -0.15) is 0 Å². The fourth-order valence-corrected chi connectivity index (χ4v) is 3.68. The van der Waals surface area contributed by atoms with Crippen LogP contribution in [-0.4, -0.2) is 31.2 Å². The van der Waals surface area contributed by atoms with Crippen LogP contribution in [0.3, 0.4) is 0 Å². The number of nitrogens with one attached hydrogen (secondary N) is 1. The average molecular weight is 391 g/mol. The first-order valence-electron chi connectivity index (χ1n) is 9.74. The molecular formula is C23H25N3O3. The van der Waals surface area contributed by atoms with E-state index in [1.54, 1.807) is 19.4 Å². The fourth-order valence-electron chi connectivity index (χ4n) is 3.68. The lowest BCUT2D eigenvalue weighted by Crippen LogP contribution is -2.35. The van der Waals surface area contributed by atoms with Crippen molar-refractivity contribution in [2.45, 2.75) is 25.3 Å². The van der Waals surface area contributed by atoms with E-state index in [1.165, 1.54) is 0 Å². The Bertz CT molecular complexity index is 1060. The first kappa shape index (κ1) is 19.2. The number of amides is 1. The largest absolute Gasteiger partial charge is 0.497 e. The molecule has 6 nitrogen and oxygen atoms in total. The Morgan fingerprint density at radius 2 is 2.03 bits per heavy atom. The number of rotatable bonds is 7. The number of hydrogen-bond acceptors (Lipinski definition) is 5. The monoisotopic (exact) mass is 391 g/mol. The summed E-state index contributed by atoms with van der Waals surface area (Å²) in [5, 5.41) is 5.35. The molecule has 0 atom stereocenters. The maximum atomic E-state index is 13.2. The number of methoxy groups -OCH3 is 1. The molecule has 4 rings (SSSR count). The summed E-state index contributed by atoms with van der Waals surface area (Å²) in [7, 11) is 1.65. The van der Waals surface area contributed by atoms with E-state index in [-0.39, 0.29) is 5.91 Å². The van der Waals surface area contributed by atoms with Crippen molar-refractivity contribution in [2.75, 3.05) is 20.3 Å². The van der Waals surface area contributed by atoms with Gasteiger partial charge in [-0.25, -0.2) is 0 Å². The van der Waals surface area contributed by atoms with Crippen molar-refractivity contribution in [3.05, 3.63) is 65.5 Å². The van der Waals surface area contributed by atoms with Crippen LogP contribution < -0.4 is 20.5 Å². The molecule has 150 valence electrons. The van der Waals surface area contributed by atoms with Gasteiger partial charge < -0.3 is 20.5 Å². The predicted octanol–water partition coefficient (Wildman–Crippen LogP) is 3.31. The van der Waals surface area contributed by atoms with E-state index >= 15 is 0 Å². The van der Waals surface area contributed by atoms with Crippen molar-refractivity contribution >= 4 is 16.7 Å². The Morgan fingerprint density at radius 1 is 1.21 bits per heavy atom. The van der Waals surface area contributed by atoms with Crippen LogP contribution in [0.4, 0.5) is 0 Å². The van der Waals surface area contributed by atoms with Crippen LogP contribution in [0, 0.1) is 6.92 Å². The topological polar surface area (TPSA) is 86.5 Å². The Hall–Kier alpha value is -3.12. The van der Waals surface area contributed by atoms with Crippen molar-refractivity contribution in [2.24, 2.45) is 5.73 Å². The lowest BCUT2D eigenvalue weighted by Gasteiger charge is -2.22. The number of hydrogen-bond donors (Lipinski definition) is 2. The molecule has 3 N–H and O–H groups in total. The molecule has 6 heteroatoms. The highest BCUT2D eigenvalue weighted by Crippen LogP contribution is 2.49. The lowest BCUT2D eigenvalue weighted by atomic mass is 9.96. The summed E-state index contributed by atoms with van der Waals surface area (Å²) in [5.74, 6) is 1.30. The molecule has 0 bridgehead atoms. The maximum Gasteiger partial charge on any atom is 0.252 e. The molecule has 1 aliphatic rings. The van der Waals surface area contributed by atoms with Gasteiger partial charge in [-0.1, -0.05) is 6.07 Å². The minimum absolute atomic E-state index is 0.108. The summed E-state index contributed by atoms with van der Waals surface area (Å²) >= 11 is 0. The van der Waals surface area contributed by atoms with Crippen molar-refractivity contribution in [3.63, 3.8) is 0 Å². The lowest BCUT2D eigenvalue weighted by molar-refractivity contribution is 0.0930. The Labute approximate surface area is 170 Å². The third kappa shape index (κ3) is 3.76. The van der Waals surface area contributed by atoms with E-state index in [0.29, 0.717) is 24.5 Å². The zero-order valence-corrected chi connectivity index (χ0v) is 16.7. The zero-order valence-electron chi connectivity index (χ0n) is 16.7. The van der Waals surface area contributed by atoms with E-state index in [0.717, 1.165) is 40.5 Å². The predicted molar refractivity (Wildman–Crippen MR) is 112 cm³/mol. The van der Waals surface area contributed by atoms with E-state index in [4.69, 9.17) is 15.2 Å². The summed E-state index contributed by atoms with van der Waals surface area (Å²) in [6.45, 7) is 2.77. The van der Waals surface area contributed by atoms with Crippen LogP contribution >= 0.6 is 0 Å². The molecule has 29 heavy (non-hydrogen) atoms. The molecule has 1 fully saturated rings. The molecule has 1 aliphatic carbocycles. The summed E-state index contributed by atoms with van der Waals surface area (Å²) < 4.78 is 11.1. The van der Waals surface area contributed by atoms with Gasteiger partial charge in [0.15, 0.2) is 0 Å². The van der Waals surface area contributed by atoms with Crippen LogP contribution in [0.1, 0.15) is 34.3 Å². The number of aromatic nitrogens is 1. The van der Waals surface area contributed by atoms with Crippen LogP contribution in [0.2, 0.25) is 0 Å². The van der Waals surface area contributed by atoms with Crippen LogP contribution in [0.5, 0.6) is 11.5 Å². The van der Waals surface area contributed by atoms with Gasteiger partial charge in [0.1, 0.15) is 18.1 Å². The molecule has 2 aromatic carbocycles. The van der Waals surface area contributed by atoms with Gasteiger partial charge in [-0.3, -0.25) is 9.78 Å². The molecule has 0 spiro atoms. The Kier molecular flexibility index (Phi) is 5.11. The van der Waals surface area contributed by atoms with Gasteiger partial charge in [0.2, 0.25) is 0 Å². The molecule has 1 saturated carbocycles. The summed E-state index contributed by atoms with van der Waals surface area (Å²) in [6.07, 6.45) is 5.36. The van der Waals surface area contributed by atoms with E-state index in [9.17, 15) is 4.79 Å². The number of carbonyl (C=O) groups excluding carboxylic acids is 1. The first-order valence-corrected chi connectivity index (χ1v) is 9.74. The van der Waals surface area contributed by atoms with Gasteiger partial charge >= 0.3 is 0 Å². The number of carbonyl (C=O) groups is 1. The highest BCUT2D eigenvalue weighted by atomic mass is 16.5. The number of nitrogens with zero attached hydrogens (tertiary/aromatic N) is 1. The second-order valence-corrected chi connectivity index (χ2v) is 7.42. The minimum Gasteiger partial charge on any atom is -0.497 e. The van der Waals surface area contributed by atoms with E-state index in [1.807, 2.05) is 43.5 Å². The Morgan fingerprint density at radius 3 is 2.76 bits per heavy atom. The third-order valence-electron chi connectivity index (χ3n) is 5.42. The molecule has 0 aliphatic heterocycles. The van der Waals surface area contributed by atoms with Crippen molar-refractivity contribution < 1.29 is 14.3 Å². The second-order valence-electron chi connectivity index (χ2n) is 7.42. The van der Waals surface area contributed by atoms with Crippen LogP contribution in [0.15, 0.2) is 48.8 Å². The van der Waals surface area contributed by atoms with Gasteiger partial charge in [0.25, 0.3) is 5.91 Å². The number of benzene rings is 2. The molecule has 3 aromatic rings. The SMILES string of the molecule is COc1cc(C2(NC(=O)c3cc(OCCN)ccc3C)CC2)c2ccncc2c1. The molecule has 0 saturated heterocycles. The fraction of sp³-hybridized carbons (Fsp3) is 0.304. The molecule has 0 radical (unpaired) electrons. The number of ether oxygens (including phenoxy) is 2. The smallest absolute Gasteiger partial charge is 0.252 e. The normalized spacial score (nSPS) is 14.4. The maximum absolute atomic E-state index is 13.2. The number of aryl methyl sites for hydroxylation is 1. The van der Waals surface area contributed by atoms with Crippen molar-refractivity contribution in [3.8, 4) is 11.5 Å². The van der Waals surface area contributed by atoms with E-state index in [2.05, 4.69) is 10.3 Å². The van der Waals surface area contributed by atoms with Crippen LogP contribution in [-0.2, 0) is 5.54 Å². The third-order valence-corrected chi connectivity index (χ3v) is 5.42. The molecule has 1 aromatic heterocycles. The molecule has 1 heterocycles. The summed E-state index contributed by atoms with van der Waals surface area (Å²) in [6, 6.07) is 11.5. The Balaban J connectivity index is 1.67.